The molecule has 0 aliphatic heterocycles. The highest BCUT2D eigenvalue weighted by atomic mass is 79.9. The van der Waals surface area contributed by atoms with Crippen molar-refractivity contribution >= 4 is 33.2 Å². The fraction of sp³-hybridized carbons (Fsp3) is 0. The average Bonchev–Trinajstić information content (AvgIpc) is 2.29. The molecule has 2 aromatic rings. The lowest BCUT2D eigenvalue weighted by Crippen LogP contribution is -1.93. The van der Waals surface area contributed by atoms with Gasteiger partial charge in [-0.3, -0.25) is 0 Å². The van der Waals surface area contributed by atoms with E-state index in [0.29, 0.717) is 10.2 Å². The van der Waals surface area contributed by atoms with E-state index < -0.39 is 11.6 Å². The van der Waals surface area contributed by atoms with Crippen molar-refractivity contribution in [3.63, 3.8) is 0 Å². The van der Waals surface area contributed by atoms with Gasteiger partial charge in [0.25, 0.3) is 0 Å². The largest absolute Gasteiger partial charge is 0.453 e. The van der Waals surface area contributed by atoms with Crippen LogP contribution in [0.2, 0.25) is 5.02 Å². The van der Waals surface area contributed by atoms with Crippen LogP contribution in [-0.2, 0) is 0 Å². The number of nitrogen functional groups attached to an aromatic ring is 1. The molecule has 6 heteroatoms. The van der Waals surface area contributed by atoms with Crippen LogP contribution < -0.4 is 10.5 Å². The molecule has 0 saturated heterocycles. The molecule has 0 spiro atoms. The van der Waals surface area contributed by atoms with Crippen molar-refractivity contribution in [2.45, 2.75) is 0 Å². The SMILES string of the molecule is Nc1ccc(Oc2cc(Br)cc(F)c2F)c(Cl)c1. The van der Waals surface area contributed by atoms with Crippen molar-refractivity contribution < 1.29 is 13.5 Å². The lowest BCUT2D eigenvalue weighted by molar-refractivity contribution is 0.415. The first-order chi connectivity index (χ1) is 8.47. The van der Waals surface area contributed by atoms with Gasteiger partial charge in [0.05, 0.1) is 5.02 Å². The molecule has 0 heterocycles. The summed E-state index contributed by atoms with van der Waals surface area (Å²) >= 11 is 8.93. The molecule has 0 aliphatic carbocycles. The third kappa shape index (κ3) is 2.73. The van der Waals surface area contributed by atoms with E-state index in [1.165, 1.54) is 18.2 Å². The Balaban J connectivity index is 2.40. The fourth-order valence-corrected chi connectivity index (χ4v) is 1.96. The normalized spacial score (nSPS) is 10.4. The predicted octanol–water partition coefficient (Wildman–Crippen LogP) is 4.76. The van der Waals surface area contributed by atoms with Crippen LogP contribution in [0.5, 0.6) is 11.5 Å². The van der Waals surface area contributed by atoms with Gasteiger partial charge >= 0.3 is 0 Å². The van der Waals surface area contributed by atoms with Crippen LogP contribution in [0.15, 0.2) is 34.8 Å². The van der Waals surface area contributed by atoms with Crippen LogP contribution >= 0.6 is 27.5 Å². The van der Waals surface area contributed by atoms with Crippen molar-refractivity contribution in [2.75, 3.05) is 5.73 Å². The van der Waals surface area contributed by atoms with Crippen molar-refractivity contribution in [1.29, 1.82) is 0 Å². The lowest BCUT2D eigenvalue weighted by atomic mass is 10.3. The Morgan fingerprint density at radius 3 is 2.50 bits per heavy atom. The molecule has 2 N–H and O–H groups in total. The number of nitrogens with two attached hydrogens (primary N) is 1. The molecule has 0 unspecified atom stereocenters. The fourth-order valence-electron chi connectivity index (χ4n) is 1.32. The first kappa shape index (κ1) is 13.1. The number of hydrogen-bond acceptors (Lipinski definition) is 2. The molecule has 0 aliphatic rings. The predicted molar refractivity (Wildman–Crippen MR) is 70.0 cm³/mol. The first-order valence-corrected chi connectivity index (χ1v) is 6.02. The molecule has 94 valence electrons. The van der Waals surface area contributed by atoms with E-state index in [1.54, 1.807) is 6.07 Å². The van der Waals surface area contributed by atoms with Crippen molar-refractivity contribution in [1.82, 2.24) is 0 Å². The second-order valence-electron chi connectivity index (χ2n) is 3.49. The minimum atomic E-state index is -1.08. The summed E-state index contributed by atoms with van der Waals surface area (Å²) in [6, 6.07) is 6.81. The summed E-state index contributed by atoms with van der Waals surface area (Å²) in [6.45, 7) is 0. The summed E-state index contributed by atoms with van der Waals surface area (Å²) in [5.41, 5.74) is 5.97. The van der Waals surface area contributed by atoms with Crippen molar-refractivity contribution in [3.8, 4) is 11.5 Å². The van der Waals surface area contributed by atoms with E-state index in [9.17, 15) is 8.78 Å². The van der Waals surface area contributed by atoms with Crippen molar-refractivity contribution in [3.05, 3.63) is 51.5 Å². The van der Waals surface area contributed by atoms with E-state index in [0.717, 1.165) is 6.07 Å². The maximum absolute atomic E-state index is 13.5. The first-order valence-electron chi connectivity index (χ1n) is 4.85. The summed E-state index contributed by atoms with van der Waals surface area (Å²) in [5.74, 6) is -2.15. The van der Waals surface area contributed by atoms with E-state index in [1.807, 2.05) is 0 Å². The summed E-state index contributed by atoms with van der Waals surface area (Å²) in [5, 5.41) is 0.217. The van der Waals surface area contributed by atoms with Gasteiger partial charge < -0.3 is 10.5 Å². The van der Waals surface area contributed by atoms with Gasteiger partial charge in [0.2, 0.25) is 5.82 Å². The van der Waals surface area contributed by atoms with Crippen LogP contribution in [-0.4, -0.2) is 0 Å². The van der Waals surface area contributed by atoms with Gasteiger partial charge in [0.15, 0.2) is 11.6 Å². The third-order valence-electron chi connectivity index (χ3n) is 2.14. The van der Waals surface area contributed by atoms with Gasteiger partial charge in [-0.05, 0) is 30.3 Å². The van der Waals surface area contributed by atoms with Gasteiger partial charge in [0.1, 0.15) is 5.75 Å². The maximum Gasteiger partial charge on any atom is 0.201 e. The molecular formula is C12H7BrClF2NO. The Kier molecular flexibility index (Phi) is 3.73. The van der Waals surface area contributed by atoms with Crippen LogP contribution in [0.4, 0.5) is 14.5 Å². The second kappa shape index (κ2) is 5.12. The minimum Gasteiger partial charge on any atom is -0.453 e. The Labute approximate surface area is 115 Å². The topological polar surface area (TPSA) is 35.2 Å². The molecular weight excluding hydrogens is 327 g/mol. The zero-order chi connectivity index (χ0) is 13.3. The zero-order valence-electron chi connectivity index (χ0n) is 8.88. The summed E-state index contributed by atoms with van der Waals surface area (Å²) < 4.78 is 32.2. The van der Waals surface area contributed by atoms with E-state index in [4.69, 9.17) is 22.1 Å². The molecule has 0 atom stereocenters. The van der Waals surface area contributed by atoms with Crippen LogP contribution in [0.25, 0.3) is 0 Å². The number of ether oxygens (including phenoxy) is 1. The Morgan fingerprint density at radius 2 is 1.83 bits per heavy atom. The molecule has 0 aromatic heterocycles. The van der Waals surface area contributed by atoms with Gasteiger partial charge in [-0.1, -0.05) is 27.5 Å². The Hall–Kier alpha value is -1.33. The standard InChI is InChI=1S/C12H7BrClF2NO/c13-6-3-9(15)12(16)11(4-6)18-10-2-1-7(17)5-8(10)14/h1-5H,17H2. The highest BCUT2D eigenvalue weighted by Gasteiger charge is 2.13. The molecule has 0 saturated carbocycles. The zero-order valence-corrected chi connectivity index (χ0v) is 11.2. The summed E-state index contributed by atoms with van der Waals surface area (Å²) in [7, 11) is 0. The van der Waals surface area contributed by atoms with Crippen LogP contribution in [0.1, 0.15) is 0 Å². The highest BCUT2D eigenvalue weighted by Crippen LogP contribution is 2.34. The number of rotatable bonds is 2. The van der Waals surface area contributed by atoms with Gasteiger partial charge in [-0.2, -0.15) is 4.39 Å². The average molecular weight is 335 g/mol. The number of anilines is 1. The molecule has 2 rings (SSSR count). The molecule has 0 fully saturated rings. The summed E-state index contributed by atoms with van der Waals surface area (Å²) in [6.07, 6.45) is 0. The molecule has 0 radical (unpaired) electrons. The van der Waals surface area contributed by atoms with E-state index in [2.05, 4.69) is 15.9 Å². The third-order valence-corrected chi connectivity index (χ3v) is 2.89. The number of halogens is 4. The highest BCUT2D eigenvalue weighted by molar-refractivity contribution is 9.10. The molecule has 2 nitrogen and oxygen atoms in total. The maximum atomic E-state index is 13.5. The van der Waals surface area contributed by atoms with E-state index in [-0.39, 0.29) is 16.5 Å². The molecule has 0 bridgehead atoms. The molecule has 2 aromatic carbocycles. The van der Waals surface area contributed by atoms with Crippen molar-refractivity contribution in [2.24, 2.45) is 0 Å². The van der Waals surface area contributed by atoms with Crippen LogP contribution in [0.3, 0.4) is 0 Å². The molecule has 18 heavy (non-hydrogen) atoms. The number of hydrogen-bond donors (Lipinski definition) is 1. The smallest absolute Gasteiger partial charge is 0.201 e. The quantitative estimate of drug-likeness (QED) is 0.635. The summed E-state index contributed by atoms with van der Waals surface area (Å²) in [4.78, 5) is 0. The molecule has 0 amide bonds. The second-order valence-corrected chi connectivity index (χ2v) is 4.81. The Morgan fingerprint density at radius 1 is 1.11 bits per heavy atom. The number of benzene rings is 2. The minimum absolute atomic E-state index is 0.197. The van der Waals surface area contributed by atoms with E-state index >= 15 is 0 Å². The van der Waals surface area contributed by atoms with Gasteiger partial charge in [0, 0.05) is 10.2 Å². The monoisotopic (exact) mass is 333 g/mol. The Bertz CT molecular complexity index is 607. The lowest BCUT2D eigenvalue weighted by Gasteiger charge is -2.09. The van der Waals surface area contributed by atoms with Gasteiger partial charge in [-0.25, -0.2) is 4.39 Å². The van der Waals surface area contributed by atoms with Crippen LogP contribution in [0, 0.1) is 11.6 Å². The van der Waals surface area contributed by atoms with Gasteiger partial charge in [-0.15, -0.1) is 0 Å².